The highest BCUT2D eigenvalue weighted by Gasteiger charge is 2.29. The van der Waals surface area contributed by atoms with Crippen LogP contribution < -0.4 is 5.73 Å². The number of hydrogen-bond acceptors (Lipinski definition) is 4. The predicted octanol–water partition coefficient (Wildman–Crippen LogP) is 4.81. The largest absolute Gasteiger partial charge is 0.478 e. The minimum Gasteiger partial charge on any atom is -0.478 e. The highest BCUT2D eigenvalue weighted by molar-refractivity contribution is 6.19. The lowest BCUT2D eigenvalue weighted by molar-refractivity contribution is 0.0649. The van der Waals surface area contributed by atoms with Crippen molar-refractivity contribution in [3.8, 4) is 0 Å². The van der Waals surface area contributed by atoms with Crippen LogP contribution in [0.2, 0.25) is 0 Å². The first-order valence-electron chi connectivity index (χ1n) is 10.3. The Kier molecular flexibility index (Phi) is 8.29. The van der Waals surface area contributed by atoms with Gasteiger partial charge in [-0.15, -0.1) is 26.3 Å². The van der Waals surface area contributed by atoms with Crippen molar-refractivity contribution in [2.24, 2.45) is 0 Å². The van der Waals surface area contributed by atoms with Gasteiger partial charge in [0.05, 0.1) is 11.1 Å². The molecule has 0 radical (unpaired) electrons. The zero-order valence-corrected chi connectivity index (χ0v) is 18.4. The Morgan fingerprint density at radius 1 is 0.697 bits per heavy atom. The summed E-state index contributed by atoms with van der Waals surface area (Å²) in [6, 6.07) is 3.79. The van der Waals surface area contributed by atoms with Crippen molar-refractivity contribution in [3.63, 3.8) is 0 Å². The Labute approximate surface area is 193 Å². The first kappa shape index (κ1) is 25.1. The highest BCUT2D eigenvalue weighted by atomic mass is 16.4. The van der Waals surface area contributed by atoms with Gasteiger partial charge in [-0.2, -0.15) is 0 Å². The Morgan fingerprint density at radius 3 is 1.64 bits per heavy atom. The molecule has 0 aliphatic heterocycles. The van der Waals surface area contributed by atoms with Crippen LogP contribution in [0.3, 0.4) is 0 Å². The van der Waals surface area contributed by atoms with E-state index in [9.17, 15) is 24.6 Å². The number of hydrogen-bond donors (Lipinski definition) is 3. The van der Waals surface area contributed by atoms with Gasteiger partial charge in [0.15, 0.2) is 5.78 Å². The zero-order valence-electron chi connectivity index (χ0n) is 18.4. The molecule has 0 atom stereocenters. The lowest BCUT2D eigenvalue weighted by Gasteiger charge is -2.23. The summed E-state index contributed by atoms with van der Waals surface area (Å²) in [7, 11) is 0. The molecule has 0 spiro atoms. The van der Waals surface area contributed by atoms with Crippen LogP contribution in [0.1, 0.15) is 58.9 Å². The average molecular weight is 446 g/mol. The third-order valence-electron chi connectivity index (χ3n) is 5.36. The summed E-state index contributed by atoms with van der Waals surface area (Å²) in [5, 5.41) is 19.2. The standard InChI is InChI=1S/C27H27NO5/c1-5-10-16-17(11-6-2)19(13-8-4)24(28)23(18(16)12-7-3)25(29)20-14-9-15-21(26(30)31)22(20)27(32)33/h5-9,14-15H,1-4,10-13,28H2,(H,30,31)(H,32,33). The van der Waals surface area contributed by atoms with Gasteiger partial charge in [-0.1, -0.05) is 36.4 Å². The van der Waals surface area contributed by atoms with Gasteiger partial charge in [0.2, 0.25) is 0 Å². The monoisotopic (exact) mass is 445 g/mol. The second kappa shape index (κ2) is 10.9. The third-order valence-corrected chi connectivity index (χ3v) is 5.36. The van der Waals surface area contributed by atoms with E-state index in [0.29, 0.717) is 36.8 Å². The van der Waals surface area contributed by atoms with E-state index in [1.807, 2.05) is 0 Å². The summed E-state index contributed by atoms with van der Waals surface area (Å²) in [6.45, 7) is 15.2. The third kappa shape index (κ3) is 4.85. The number of carboxylic acids is 2. The topological polar surface area (TPSA) is 118 Å². The van der Waals surface area contributed by atoms with Crippen molar-refractivity contribution in [2.75, 3.05) is 5.73 Å². The number of nitrogens with two attached hydrogens (primary N) is 1. The number of carboxylic acid groups (broad SMARTS) is 2. The number of carbonyl (C=O) groups excluding carboxylic acids is 1. The van der Waals surface area contributed by atoms with Crippen LogP contribution in [0.15, 0.2) is 68.8 Å². The first-order valence-corrected chi connectivity index (χ1v) is 10.3. The van der Waals surface area contributed by atoms with Crippen LogP contribution in [0.25, 0.3) is 0 Å². The van der Waals surface area contributed by atoms with E-state index in [1.54, 1.807) is 24.3 Å². The van der Waals surface area contributed by atoms with E-state index in [1.165, 1.54) is 12.1 Å². The van der Waals surface area contributed by atoms with Gasteiger partial charge in [-0.05, 0) is 54.0 Å². The highest BCUT2D eigenvalue weighted by Crippen LogP contribution is 2.35. The fourth-order valence-electron chi connectivity index (χ4n) is 4.06. The van der Waals surface area contributed by atoms with E-state index in [2.05, 4.69) is 26.3 Å². The van der Waals surface area contributed by atoms with Gasteiger partial charge in [0.25, 0.3) is 0 Å². The average Bonchev–Trinajstić information content (AvgIpc) is 2.78. The van der Waals surface area contributed by atoms with E-state index in [4.69, 9.17) is 5.73 Å². The molecule has 0 saturated heterocycles. The molecule has 0 fully saturated rings. The van der Waals surface area contributed by atoms with Crippen molar-refractivity contribution in [1.29, 1.82) is 0 Å². The van der Waals surface area contributed by atoms with Crippen molar-refractivity contribution in [3.05, 3.63) is 113 Å². The van der Waals surface area contributed by atoms with Crippen molar-refractivity contribution in [2.45, 2.75) is 25.7 Å². The molecule has 0 aliphatic carbocycles. The smallest absolute Gasteiger partial charge is 0.337 e. The predicted molar refractivity (Wildman–Crippen MR) is 130 cm³/mol. The summed E-state index contributed by atoms with van der Waals surface area (Å²) in [5.74, 6) is -3.62. The summed E-state index contributed by atoms with van der Waals surface area (Å²) in [6.07, 6.45) is 8.39. The molecule has 0 saturated carbocycles. The van der Waals surface area contributed by atoms with Gasteiger partial charge in [0.1, 0.15) is 0 Å². The molecule has 2 aromatic carbocycles. The molecule has 0 amide bonds. The molecule has 4 N–H and O–H groups in total. The fraction of sp³-hybridized carbons (Fsp3) is 0.148. The number of nitrogen functional groups attached to an aromatic ring is 1. The Morgan fingerprint density at radius 2 is 1.15 bits per heavy atom. The molecule has 2 rings (SSSR count). The van der Waals surface area contributed by atoms with Crippen molar-refractivity contribution in [1.82, 2.24) is 0 Å². The number of anilines is 1. The minimum absolute atomic E-state index is 0.140. The molecule has 0 heterocycles. The lowest BCUT2D eigenvalue weighted by atomic mass is 9.81. The van der Waals surface area contributed by atoms with E-state index < -0.39 is 28.8 Å². The Bertz CT molecular complexity index is 1170. The summed E-state index contributed by atoms with van der Waals surface area (Å²) in [4.78, 5) is 37.4. The number of carbonyl (C=O) groups is 3. The van der Waals surface area contributed by atoms with E-state index in [0.717, 1.165) is 17.2 Å². The molecule has 0 unspecified atom stereocenters. The normalized spacial score (nSPS) is 10.3. The second-order valence-corrected chi connectivity index (χ2v) is 7.34. The second-order valence-electron chi connectivity index (χ2n) is 7.34. The lowest BCUT2D eigenvalue weighted by Crippen LogP contribution is -2.20. The SMILES string of the molecule is C=CCc1c(N)c(C(=O)c2cccc(C(=O)O)c2C(=O)O)c(CC=C)c(CC=C)c1CC=C. The van der Waals surface area contributed by atoms with Crippen LogP contribution >= 0.6 is 0 Å². The first-order chi connectivity index (χ1) is 15.7. The Hall–Kier alpha value is -4.19. The minimum atomic E-state index is -1.51. The van der Waals surface area contributed by atoms with Gasteiger partial charge in [-0.25, -0.2) is 9.59 Å². The maximum absolute atomic E-state index is 13.8. The summed E-state index contributed by atoms with van der Waals surface area (Å²) in [5.41, 5.74) is 8.63. The van der Waals surface area contributed by atoms with Crippen LogP contribution in [0, 0.1) is 0 Å². The maximum Gasteiger partial charge on any atom is 0.337 e. The van der Waals surface area contributed by atoms with Crippen molar-refractivity contribution < 1.29 is 24.6 Å². The quantitative estimate of drug-likeness (QED) is 0.245. The van der Waals surface area contributed by atoms with Crippen LogP contribution in [0.5, 0.6) is 0 Å². The molecule has 0 bridgehead atoms. The zero-order chi connectivity index (χ0) is 24.7. The van der Waals surface area contributed by atoms with Crippen LogP contribution in [0.4, 0.5) is 5.69 Å². The molecule has 0 aromatic heterocycles. The molecule has 6 nitrogen and oxygen atoms in total. The molecular formula is C27H27NO5. The van der Waals surface area contributed by atoms with E-state index >= 15 is 0 Å². The summed E-state index contributed by atoms with van der Waals surface area (Å²) >= 11 is 0. The number of ketones is 1. The van der Waals surface area contributed by atoms with Gasteiger partial charge < -0.3 is 15.9 Å². The molecule has 2 aromatic rings. The Balaban J connectivity index is 3.03. The number of rotatable bonds is 12. The maximum atomic E-state index is 13.8. The van der Waals surface area contributed by atoms with Crippen LogP contribution in [-0.2, 0) is 25.7 Å². The summed E-state index contributed by atoms with van der Waals surface area (Å²) < 4.78 is 0. The van der Waals surface area contributed by atoms with Gasteiger partial charge >= 0.3 is 11.9 Å². The van der Waals surface area contributed by atoms with Gasteiger partial charge in [0, 0.05) is 16.8 Å². The molecular weight excluding hydrogens is 418 g/mol. The molecule has 170 valence electrons. The molecule has 6 heteroatoms. The van der Waals surface area contributed by atoms with Crippen molar-refractivity contribution >= 4 is 23.4 Å². The number of benzene rings is 2. The fourth-order valence-corrected chi connectivity index (χ4v) is 4.06. The van der Waals surface area contributed by atoms with Gasteiger partial charge in [-0.3, -0.25) is 4.79 Å². The number of aromatic carboxylic acids is 2. The van der Waals surface area contributed by atoms with E-state index in [-0.39, 0.29) is 16.8 Å². The molecule has 0 aliphatic rings. The number of allylic oxidation sites excluding steroid dienone is 4. The van der Waals surface area contributed by atoms with Crippen LogP contribution in [-0.4, -0.2) is 27.9 Å². The molecule has 33 heavy (non-hydrogen) atoms.